The van der Waals surface area contributed by atoms with Gasteiger partial charge in [0, 0.05) is 0 Å². The predicted octanol–water partition coefficient (Wildman–Crippen LogP) is 3.91. The number of alkyl halides is 1. The molecule has 2 rings (SSSR count). The van der Waals surface area contributed by atoms with Crippen molar-refractivity contribution in [3.8, 4) is 0 Å². The summed E-state index contributed by atoms with van der Waals surface area (Å²) in [5.41, 5.74) is 0. The van der Waals surface area contributed by atoms with Crippen LogP contribution in [0.1, 0.15) is 57.8 Å². The van der Waals surface area contributed by atoms with Crippen LogP contribution in [0.2, 0.25) is 0 Å². The van der Waals surface area contributed by atoms with Gasteiger partial charge < -0.3 is 4.74 Å². The van der Waals surface area contributed by atoms with E-state index >= 15 is 0 Å². The van der Waals surface area contributed by atoms with Crippen molar-refractivity contribution in [1.29, 1.82) is 0 Å². The van der Waals surface area contributed by atoms with Gasteiger partial charge in [0.05, 0.1) is 0 Å². The summed E-state index contributed by atoms with van der Waals surface area (Å²) in [5.74, 6) is 1.15. The third-order valence-corrected chi connectivity index (χ3v) is 4.62. The van der Waals surface area contributed by atoms with E-state index in [1.807, 2.05) is 0 Å². The SMILES string of the molecule is O=C(CCl)O[C@@H]1CCCC[C@H]1C1CCCCC1. The molecule has 2 aliphatic rings. The number of halogens is 1. The molecule has 2 fully saturated rings. The highest BCUT2D eigenvalue weighted by Gasteiger charge is 2.34. The van der Waals surface area contributed by atoms with Crippen LogP contribution in [-0.2, 0) is 9.53 Å². The second-order valence-corrected chi connectivity index (χ2v) is 5.78. The second-order valence-electron chi connectivity index (χ2n) is 5.51. The van der Waals surface area contributed by atoms with Gasteiger partial charge in [0.15, 0.2) is 0 Å². The maximum absolute atomic E-state index is 11.4. The van der Waals surface area contributed by atoms with E-state index in [-0.39, 0.29) is 18.0 Å². The monoisotopic (exact) mass is 258 g/mol. The average Bonchev–Trinajstić information content (AvgIpc) is 2.40. The molecule has 0 heterocycles. The number of ether oxygens (including phenoxy) is 1. The summed E-state index contributed by atoms with van der Waals surface area (Å²) in [6, 6.07) is 0. The summed E-state index contributed by atoms with van der Waals surface area (Å²) in [4.78, 5) is 11.4. The van der Waals surface area contributed by atoms with Crippen LogP contribution >= 0.6 is 11.6 Å². The lowest BCUT2D eigenvalue weighted by Gasteiger charge is -2.38. The highest BCUT2D eigenvalue weighted by molar-refractivity contribution is 6.26. The maximum atomic E-state index is 11.4. The highest BCUT2D eigenvalue weighted by atomic mass is 35.5. The Kier molecular flexibility index (Phi) is 5.15. The van der Waals surface area contributed by atoms with Crippen molar-refractivity contribution in [2.75, 3.05) is 5.88 Å². The van der Waals surface area contributed by atoms with Gasteiger partial charge in [-0.05, 0) is 31.1 Å². The zero-order valence-electron chi connectivity index (χ0n) is 10.5. The molecular formula is C14H23ClO2. The molecule has 0 bridgehead atoms. The van der Waals surface area contributed by atoms with Gasteiger partial charge >= 0.3 is 5.97 Å². The van der Waals surface area contributed by atoms with Crippen molar-refractivity contribution in [1.82, 2.24) is 0 Å². The van der Waals surface area contributed by atoms with E-state index in [2.05, 4.69) is 0 Å². The smallest absolute Gasteiger partial charge is 0.321 e. The van der Waals surface area contributed by atoms with Gasteiger partial charge in [-0.15, -0.1) is 11.6 Å². The summed E-state index contributed by atoms with van der Waals surface area (Å²) in [7, 11) is 0. The summed E-state index contributed by atoms with van der Waals surface area (Å²) in [5, 5.41) is 0. The largest absolute Gasteiger partial charge is 0.461 e. The minimum Gasteiger partial charge on any atom is -0.461 e. The molecule has 0 aromatic rings. The van der Waals surface area contributed by atoms with Crippen LogP contribution in [0, 0.1) is 11.8 Å². The molecule has 3 heteroatoms. The van der Waals surface area contributed by atoms with E-state index in [0.717, 1.165) is 12.3 Å². The fourth-order valence-corrected chi connectivity index (χ4v) is 3.64. The maximum Gasteiger partial charge on any atom is 0.321 e. The van der Waals surface area contributed by atoms with Gasteiger partial charge in [0.2, 0.25) is 0 Å². The summed E-state index contributed by atoms with van der Waals surface area (Å²) in [6.07, 6.45) is 11.7. The zero-order chi connectivity index (χ0) is 12.1. The molecule has 2 atom stereocenters. The van der Waals surface area contributed by atoms with E-state index in [4.69, 9.17) is 16.3 Å². The molecule has 0 N–H and O–H groups in total. The molecule has 0 amide bonds. The number of carbonyl (C=O) groups excluding carboxylic acids is 1. The third-order valence-electron chi connectivity index (χ3n) is 4.40. The number of hydrogen-bond donors (Lipinski definition) is 0. The Labute approximate surface area is 109 Å². The van der Waals surface area contributed by atoms with E-state index in [1.165, 1.54) is 51.4 Å². The van der Waals surface area contributed by atoms with Crippen molar-refractivity contribution in [3.63, 3.8) is 0 Å². The van der Waals surface area contributed by atoms with Crippen molar-refractivity contribution >= 4 is 17.6 Å². The number of esters is 1. The summed E-state index contributed by atoms with van der Waals surface area (Å²) >= 11 is 5.53. The van der Waals surface area contributed by atoms with E-state index < -0.39 is 0 Å². The molecular weight excluding hydrogens is 236 g/mol. The van der Waals surface area contributed by atoms with Gasteiger partial charge in [0.25, 0.3) is 0 Å². The molecule has 0 radical (unpaired) electrons. The minimum atomic E-state index is -0.237. The Morgan fingerprint density at radius 3 is 2.35 bits per heavy atom. The van der Waals surface area contributed by atoms with Crippen LogP contribution in [0.5, 0.6) is 0 Å². The quantitative estimate of drug-likeness (QED) is 0.567. The standard InChI is InChI=1S/C14H23ClO2/c15-10-14(16)17-13-9-5-4-8-12(13)11-6-2-1-3-7-11/h11-13H,1-10H2/t12-,13+/m0/s1. The molecule has 0 saturated heterocycles. The molecule has 2 saturated carbocycles. The highest BCUT2D eigenvalue weighted by Crippen LogP contribution is 2.39. The van der Waals surface area contributed by atoms with E-state index in [0.29, 0.717) is 5.92 Å². The molecule has 2 nitrogen and oxygen atoms in total. The van der Waals surface area contributed by atoms with Crippen LogP contribution in [0.4, 0.5) is 0 Å². The fraction of sp³-hybridized carbons (Fsp3) is 0.929. The Balaban J connectivity index is 1.93. The number of hydrogen-bond acceptors (Lipinski definition) is 2. The lowest BCUT2D eigenvalue weighted by Crippen LogP contribution is -2.36. The zero-order valence-corrected chi connectivity index (χ0v) is 11.3. The van der Waals surface area contributed by atoms with Crippen molar-refractivity contribution < 1.29 is 9.53 Å². The Hall–Kier alpha value is -0.240. The number of rotatable bonds is 3. The third kappa shape index (κ3) is 3.61. The molecule has 98 valence electrons. The van der Waals surface area contributed by atoms with Gasteiger partial charge in [0.1, 0.15) is 12.0 Å². The molecule has 0 spiro atoms. The molecule has 0 aromatic carbocycles. The molecule has 0 aromatic heterocycles. The minimum absolute atomic E-state index is 0.00606. The second kappa shape index (κ2) is 6.63. The normalized spacial score (nSPS) is 31.1. The first-order chi connectivity index (χ1) is 8.31. The van der Waals surface area contributed by atoms with Gasteiger partial charge in [-0.2, -0.15) is 0 Å². The topological polar surface area (TPSA) is 26.3 Å². The van der Waals surface area contributed by atoms with Crippen LogP contribution in [0.25, 0.3) is 0 Å². The van der Waals surface area contributed by atoms with Gasteiger partial charge in [-0.3, -0.25) is 4.79 Å². The van der Waals surface area contributed by atoms with Gasteiger partial charge in [-0.25, -0.2) is 0 Å². The first-order valence-electron chi connectivity index (χ1n) is 7.06. The van der Waals surface area contributed by atoms with E-state index in [1.54, 1.807) is 0 Å². The summed E-state index contributed by atoms with van der Waals surface area (Å²) < 4.78 is 5.54. The van der Waals surface area contributed by atoms with Crippen LogP contribution in [0.3, 0.4) is 0 Å². The first kappa shape index (κ1) is 13.2. The lowest BCUT2D eigenvalue weighted by atomic mass is 9.72. The lowest BCUT2D eigenvalue weighted by molar-refractivity contribution is -0.152. The van der Waals surface area contributed by atoms with Crippen LogP contribution in [-0.4, -0.2) is 18.0 Å². The Bertz CT molecular complexity index is 249. The van der Waals surface area contributed by atoms with E-state index in [9.17, 15) is 4.79 Å². The Morgan fingerprint density at radius 2 is 1.65 bits per heavy atom. The summed E-state index contributed by atoms with van der Waals surface area (Å²) in [6.45, 7) is 0. The molecule has 0 unspecified atom stereocenters. The predicted molar refractivity (Wildman–Crippen MR) is 69.1 cm³/mol. The van der Waals surface area contributed by atoms with Crippen molar-refractivity contribution in [2.45, 2.75) is 63.9 Å². The number of carbonyl (C=O) groups is 1. The van der Waals surface area contributed by atoms with Crippen LogP contribution < -0.4 is 0 Å². The van der Waals surface area contributed by atoms with Crippen molar-refractivity contribution in [2.24, 2.45) is 11.8 Å². The molecule has 2 aliphatic carbocycles. The molecule has 17 heavy (non-hydrogen) atoms. The first-order valence-corrected chi connectivity index (χ1v) is 7.60. The average molecular weight is 259 g/mol. The molecule has 0 aliphatic heterocycles. The fourth-order valence-electron chi connectivity index (χ4n) is 3.57. The van der Waals surface area contributed by atoms with Crippen LogP contribution in [0.15, 0.2) is 0 Å². The van der Waals surface area contributed by atoms with Crippen molar-refractivity contribution in [3.05, 3.63) is 0 Å². The Morgan fingerprint density at radius 1 is 1.00 bits per heavy atom. The van der Waals surface area contributed by atoms with Gasteiger partial charge in [-0.1, -0.05) is 38.5 Å².